The van der Waals surface area contributed by atoms with Crippen molar-refractivity contribution >= 4 is 11.7 Å². The smallest absolute Gasteiger partial charge is 0.316 e. The summed E-state index contributed by atoms with van der Waals surface area (Å²) in [5.74, 6) is -0.309. The zero-order valence-corrected chi connectivity index (χ0v) is 6.11. The first-order valence-electron chi connectivity index (χ1n) is 3.18. The maximum atomic E-state index is 10.3. The first-order chi connectivity index (χ1) is 5.59. The standard InChI is InChI=1S/C7H8N2O3/c8-7(12)9-5-2-1-4(10)3-6(5)11/h1-3,10-11H,(H3,8,9,12). The molecule has 0 aliphatic carbocycles. The summed E-state index contributed by atoms with van der Waals surface area (Å²) in [4.78, 5) is 10.3. The highest BCUT2D eigenvalue weighted by Crippen LogP contribution is 2.26. The minimum absolute atomic E-state index is 0.0810. The normalized spacial score (nSPS) is 9.33. The van der Waals surface area contributed by atoms with Crippen molar-refractivity contribution in [3.8, 4) is 11.5 Å². The Labute approximate surface area is 68.4 Å². The summed E-state index contributed by atoms with van der Waals surface area (Å²) in [6.45, 7) is 0. The van der Waals surface area contributed by atoms with Gasteiger partial charge in [-0.25, -0.2) is 4.79 Å². The topological polar surface area (TPSA) is 95.6 Å². The van der Waals surface area contributed by atoms with E-state index in [-0.39, 0.29) is 17.2 Å². The minimum Gasteiger partial charge on any atom is -0.508 e. The number of anilines is 1. The molecule has 0 bridgehead atoms. The second-order valence-corrected chi connectivity index (χ2v) is 2.19. The molecule has 1 rings (SSSR count). The van der Waals surface area contributed by atoms with Crippen LogP contribution in [0, 0.1) is 0 Å². The predicted octanol–water partition coefficient (Wildman–Crippen LogP) is 0.588. The lowest BCUT2D eigenvalue weighted by molar-refractivity contribution is 0.259. The van der Waals surface area contributed by atoms with E-state index in [1.54, 1.807) is 0 Å². The highest BCUT2D eigenvalue weighted by Gasteiger charge is 2.02. The first kappa shape index (κ1) is 8.19. The van der Waals surface area contributed by atoms with Crippen molar-refractivity contribution in [1.82, 2.24) is 0 Å². The van der Waals surface area contributed by atoms with Crippen LogP contribution >= 0.6 is 0 Å². The summed E-state index contributed by atoms with van der Waals surface area (Å²) in [7, 11) is 0. The van der Waals surface area contributed by atoms with Crippen molar-refractivity contribution in [2.45, 2.75) is 0 Å². The molecule has 5 N–H and O–H groups in total. The van der Waals surface area contributed by atoms with Gasteiger partial charge in [-0.2, -0.15) is 0 Å². The second-order valence-electron chi connectivity index (χ2n) is 2.19. The van der Waals surface area contributed by atoms with Crippen LogP contribution in [0.4, 0.5) is 10.5 Å². The van der Waals surface area contributed by atoms with E-state index in [1.807, 2.05) is 0 Å². The fourth-order valence-corrected chi connectivity index (χ4v) is 0.758. The maximum Gasteiger partial charge on any atom is 0.316 e. The molecule has 1 aromatic rings. The van der Waals surface area contributed by atoms with Crippen LogP contribution in [0.2, 0.25) is 0 Å². The molecule has 0 unspecified atom stereocenters. The molecular weight excluding hydrogens is 160 g/mol. The van der Waals surface area contributed by atoms with Gasteiger partial charge in [0.1, 0.15) is 11.5 Å². The molecule has 0 saturated carbocycles. The van der Waals surface area contributed by atoms with Crippen LogP contribution in [0.3, 0.4) is 0 Å². The van der Waals surface area contributed by atoms with Crippen molar-refractivity contribution < 1.29 is 15.0 Å². The van der Waals surface area contributed by atoms with E-state index >= 15 is 0 Å². The van der Waals surface area contributed by atoms with E-state index in [2.05, 4.69) is 5.32 Å². The number of hydrogen-bond acceptors (Lipinski definition) is 3. The lowest BCUT2D eigenvalue weighted by Gasteiger charge is -2.03. The lowest BCUT2D eigenvalue weighted by atomic mass is 10.3. The number of benzene rings is 1. The summed E-state index contributed by atoms with van der Waals surface area (Å²) in [6.07, 6.45) is 0. The minimum atomic E-state index is -0.768. The number of nitrogens with one attached hydrogen (secondary N) is 1. The molecule has 12 heavy (non-hydrogen) atoms. The molecule has 0 aliphatic rings. The van der Waals surface area contributed by atoms with Gasteiger partial charge in [0, 0.05) is 6.07 Å². The maximum absolute atomic E-state index is 10.3. The fourth-order valence-electron chi connectivity index (χ4n) is 0.758. The zero-order chi connectivity index (χ0) is 9.14. The van der Waals surface area contributed by atoms with Gasteiger partial charge in [-0.1, -0.05) is 0 Å². The number of phenolic OH excluding ortho intramolecular Hbond substituents is 2. The summed E-state index contributed by atoms with van der Waals surface area (Å²) in [5, 5.41) is 20.2. The molecular formula is C7H8N2O3. The van der Waals surface area contributed by atoms with Gasteiger partial charge in [-0.3, -0.25) is 0 Å². The molecule has 5 heteroatoms. The lowest BCUT2D eigenvalue weighted by Crippen LogP contribution is -2.19. The molecule has 0 fully saturated rings. The van der Waals surface area contributed by atoms with Crippen LogP contribution in [-0.4, -0.2) is 16.2 Å². The van der Waals surface area contributed by atoms with Gasteiger partial charge in [-0.15, -0.1) is 0 Å². The third-order valence-corrected chi connectivity index (χ3v) is 1.24. The number of primary amides is 1. The molecule has 1 aromatic carbocycles. The number of carbonyl (C=O) groups is 1. The van der Waals surface area contributed by atoms with E-state index in [0.717, 1.165) is 6.07 Å². The third-order valence-electron chi connectivity index (χ3n) is 1.24. The van der Waals surface area contributed by atoms with Crippen molar-refractivity contribution in [3.05, 3.63) is 18.2 Å². The fraction of sp³-hybridized carbons (Fsp3) is 0. The van der Waals surface area contributed by atoms with E-state index in [9.17, 15) is 4.79 Å². The molecule has 0 atom stereocenters. The summed E-state index contributed by atoms with van der Waals surface area (Å²) in [5.41, 5.74) is 4.97. The second kappa shape index (κ2) is 3.00. The molecule has 0 aliphatic heterocycles. The van der Waals surface area contributed by atoms with Gasteiger partial charge in [-0.05, 0) is 12.1 Å². The van der Waals surface area contributed by atoms with E-state index < -0.39 is 6.03 Å². The average Bonchev–Trinajstić information content (AvgIpc) is 1.94. The number of urea groups is 1. The Morgan fingerprint density at radius 2 is 2.08 bits per heavy atom. The van der Waals surface area contributed by atoms with Crippen LogP contribution in [0.1, 0.15) is 0 Å². The molecule has 0 saturated heterocycles. The van der Waals surface area contributed by atoms with Gasteiger partial charge in [0.2, 0.25) is 0 Å². The van der Waals surface area contributed by atoms with Gasteiger partial charge in [0.25, 0.3) is 0 Å². The van der Waals surface area contributed by atoms with Crippen LogP contribution in [-0.2, 0) is 0 Å². The molecule has 0 heterocycles. The first-order valence-corrected chi connectivity index (χ1v) is 3.18. The zero-order valence-electron chi connectivity index (χ0n) is 6.11. The predicted molar refractivity (Wildman–Crippen MR) is 43.0 cm³/mol. The Morgan fingerprint density at radius 1 is 1.42 bits per heavy atom. The Bertz CT molecular complexity index is 312. The van der Waals surface area contributed by atoms with Gasteiger partial charge in [0.15, 0.2) is 0 Å². The van der Waals surface area contributed by atoms with Gasteiger partial charge in [0.05, 0.1) is 5.69 Å². The number of rotatable bonds is 1. The summed E-state index contributed by atoms with van der Waals surface area (Å²) in [6, 6.07) is 3.00. The number of carbonyl (C=O) groups excluding carboxylic acids is 1. The number of hydrogen-bond donors (Lipinski definition) is 4. The molecule has 0 spiro atoms. The Morgan fingerprint density at radius 3 is 2.58 bits per heavy atom. The summed E-state index contributed by atoms with van der Waals surface area (Å²) < 4.78 is 0. The Hall–Kier alpha value is -1.91. The highest BCUT2D eigenvalue weighted by molar-refractivity contribution is 5.89. The highest BCUT2D eigenvalue weighted by atomic mass is 16.3. The molecule has 0 aromatic heterocycles. The van der Waals surface area contributed by atoms with Crippen LogP contribution in [0.15, 0.2) is 18.2 Å². The third kappa shape index (κ3) is 1.79. The van der Waals surface area contributed by atoms with Crippen LogP contribution in [0.5, 0.6) is 11.5 Å². The summed E-state index contributed by atoms with van der Waals surface area (Å²) >= 11 is 0. The number of nitrogens with two attached hydrogens (primary N) is 1. The van der Waals surface area contributed by atoms with Crippen molar-refractivity contribution in [3.63, 3.8) is 0 Å². The number of phenols is 2. The Kier molecular flexibility index (Phi) is 2.05. The van der Waals surface area contributed by atoms with E-state index in [0.29, 0.717) is 0 Å². The van der Waals surface area contributed by atoms with E-state index in [1.165, 1.54) is 12.1 Å². The number of amides is 2. The van der Waals surface area contributed by atoms with Gasteiger partial charge >= 0.3 is 6.03 Å². The van der Waals surface area contributed by atoms with Gasteiger partial charge < -0.3 is 21.3 Å². The number of aromatic hydroxyl groups is 2. The molecule has 64 valence electrons. The SMILES string of the molecule is NC(=O)Nc1ccc(O)cc1O. The molecule has 5 nitrogen and oxygen atoms in total. The van der Waals surface area contributed by atoms with Crippen molar-refractivity contribution in [1.29, 1.82) is 0 Å². The van der Waals surface area contributed by atoms with Crippen LogP contribution < -0.4 is 11.1 Å². The van der Waals surface area contributed by atoms with Crippen LogP contribution in [0.25, 0.3) is 0 Å². The Balaban J connectivity index is 2.93. The molecule has 0 radical (unpaired) electrons. The largest absolute Gasteiger partial charge is 0.508 e. The monoisotopic (exact) mass is 168 g/mol. The van der Waals surface area contributed by atoms with Crippen molar-refractivity contribution in [2.24, 2.45) is 5.73 Å². The quantitative estimate of drug-likeness (QED) is 0.365. The average molecular weight is 168 g/mol. The van der Waals surface area contributed by atoms with E-state index in [4.69, 9.17) is 15.9 Å². The van der Waals surface area contributed by atoms with Crippen molar-refractivity contribution in [2.75, 3.05) is 5.32 Å². The molecule has 2 amide bonds.